The van der Waals surface area contributed by atoms with Crippen molar-refractivity contribution < 1.29 is 14.3 Å². The van der Waals surface area contributed by atoms with Gasteiger partial charge in [0.15, 0.2) is 0 Å². The van der Waals surface area contributed by atoms with Crippen LogP contribution in [0, 0.1) is 0 Å². The van der Waals surface area contributed by atoms with E-state index in [0.717, 1.165) is 49.2 Å². The number of nitrogens with two attached hydrogens (primary N) is 1. The lowest BCUT2D eigenvalue weighted by Crippen LogP contribution is -2.76. The summed E-state index contributed by atoms with van der Waals surface area (Å²) in [6.45, 7) is 5.84. The number of benzene rings is 1. The number of likely N-dealkylation sites (N-methyl/N-ethyl adjacent to an activating group) is 1. The molecule has 5 N–H and O–H groups in total. The van der Waals surface area contributed by atoms with Gasteiger partial charge in [-0.15, -0.1) is 0 Å². The fourth-order valence-electron chi connectivity index (χ4n) is 6.23. The molecule has 3 aliphatic heterocycles. The van der Waals surface area contributed by atoms with Gasteiger partial charge in [0.25, 0.3) is 5.91 Å². The summed E-state index contributed by atoms with van der Waals surface area (Å²) in [5.41, 5.74) is 10.3. The first-order valence-corrected chi connectivity index (χ1v) is 13.1. The van der Waals surface area contributed by atoms with E-state index >= 15 is 0 Å². The summed E-state index contributed by atoms with van der Waals surface area (Å²) in [7, 11) is 3.58. The average molecular weight is 498 g/mol. The molecule has 1 fully saturated rings. The van der Waals surface area contributed by atoms with Crippen LogP contribution in [0.1, 0.15) is 57.1 Å². The molecule has 0 saturated heterocycles. The predicted molar refractivity (Wildman–Crippen MR) is 137 cm³/mol. The first-order valence-electron chi connectivity index (χ1n) is 13.1. The molecular formula is C26H39N7O3. The Kier molecular flexibility index (Phi) is 6.40. The van der Waals surface area contributed by atoms with Gasteiger partial charge in [0.05, 0.1) is 12.8 Å². The summed E-state index contributed by atoms with van der Waals surface area (Å²) in [6.07, 6.45) is 6.41. The molecule has 0 bridgehead atoms. The SMILES string of the molecule is CCC1CN(C)C2=C(N[C@@](N)(Nc3cc4c(cc3OC)CN(C(C)=O)CC4)NC2=O)N1C1CCCC1. The second kappa shape index (κ2) is 9.38. The van der Waals surface area contributed by atoms with Crippen molar-refractivity contribution in [1.82, 2.24) is 25.3 Å². The van der Waals surface area contributed by atoms with Crippen molar-refractivity contribution >= 4 is 17.5 Å². The first-order chi connectivity index (χ1) is 17.2. The summed E-state index contributed by atoms with van der Waals surface area (Å²) in [6, 6.07) is 4.69. The maximum Gasteiger partial charge on any atom is 0.275 e. The Labute approximate surface area is 213 Å². The molecular weight excluding hydrogens is 458 g/mol. The Balaban J connectivity index is 1.46. The molecule has 1 unspecified atom stereocenters. The molecule has 1 aromatic rings. The number of ether oxygens (including phenoxy) is 1. The molecule has 10 nitrogen and oxygen atoms in total. The minimum Gasteiger partial charge on any atom is -0.495 e. The highest BCUT2D eigenvalue weighted by atomic mass is 16.5. The zero-order chi connectivity index (χ0) is 25.6. The minimum absolute atomic E-state index is 0.0653. The molecule has 2 amide bonds. The molecule has 3 heterocycles. The number of carbonyl (C=O) groups is 2. The van der Waals surface area contributed by atoms with Crippen LogP contribution >= 0.6 is 0 Å². The Morgan fingerprint density at radius 3 is 2.67 bits per heavy atom. The normalized spacial score (nSPS) is 26.3. The summed E-state index contributed by atoms with van der Waals surface area (Å²) in [4.78, 5) is 31.6. The molecule has 5 rings (SSSR count). The van der Waals surface area contributed by atoms with Crippen molar-refractivity contribution in [2.24, 2.45) is 5.73 Å². The quantitative estimate of drug-likeness (QED) is 0.452. The highest BCUT2D eigenvalue weighted by Crippen LogP contribution is 2.36. The molecule has 196 valence electrons. The van der Waals surface area contributed by atoms with Crippen LogP contribution in [0.2, 0.25) is 0 Å². The van der Waals surface area contributed by atoms with Gasteiger partial charge in [0.2, 0.25) is 11.8 Å². The average Bonchev–Trinajstić information content (AvgIpc) is 3.36. The monoisotopic (exact) mass is 497 g/mol. The zero-order valence-corrected chi connectivity index (χ0v) is 21.8. The zero-order valence-electron chi connectivity index (χ0n) is 21.8. The van der Waals surface area contributed by atoms with Gasteiger partial charge in [-0.25, -0.2) is 0 Å². The van der Waals surface area contributed by atoms with Crippen molar-refractivity contribution in [3.05, 3.63) is 34.8 Å². The number of methoxy groups -OCH3 is 1. The standard InChI is InChI=1S/C26H39N7O3/c1-5-19-15-31(3)23-24(33(19)20-8-6-7-9-20)29-26(27,30-25(23)35)28-21-12-17-10-11-32(16(2)34)14-18(17)13-22(21)36-4/h12-13,19-20,28-29H,5-11,14-15,27H2,1-4H3,(H,30,35)/t19?,26-/m1/s1. The van der Waals surface area contributed by atoms with Crippen LogP contribution in [0.3, 0.4) is 0 Å². The summed E-state index contributed by atoms with van der Waals surface area (Å²) < 4.78 is 5.69. The Hall–Kier alpha value is -3.14. The number of nitrogens with zero attached hydrogens (tertiary/aromatic N) is 3. The van der Waals surface area contributed by atoms with E-state index in [1.807, 2.05) is 29.0 Å². The fourth-order valence-corrected chi connectivity index (χ4v) is 6.23. The van der Waals surface area contributed by atoms with Crippen LogP contribution in [0.5, 0.6) is 5.75 Å². The third kappa shape index (κ3) is 4.31. The van der Waals surface area contributed by atoms with E-state index in [4.69, 9.17) is 10.5 Å². The highest BCUT2D eigenvalue weighted by Gasteiger charge is 2.46. The predicted octanol–water partition coefficient (Wildman–Crippen LogP) is 1.44. The molecule has 0 spiro atoms. The summed E-state index contributed by atoms with van der Waals surface area (Å²) in [5, 5.41) is 9.76. The maximum absolute atomic E-state index is 13.4. The van der Waals surface area contributed by atoms with E-state index < -0.39 is 5.91 Å². The molecule has 0 aromatic heterocycles. The molecule has 1 aliphatic carbocycles. The highest BCUT2D eigenvalue weighted by molar-refractivity contribution is 5.95. The first kappa shape index (κ1) is 24.5. The van der Waals surface area contributed by atoms with Crippen LogP contribution in [0.25, 0.3) is 0 Å². The van der Waals surface area contributed by atoms with Crippen LogP contribution in [0.4, 0.5) is 5.69 Å². The van der Waals surface area contributed by atoms with Crippen molar-refractivity contribution in [3.63, 3.8) is 0 Å². The van der Waals surface area contributed by atoms with E-state index in [-0.39, 0.29) is 11.8 Å². The van der Waals surface area contributed by atoms with Crippen LogP contribution in [-0.4, -0.2) is 71.8 Å². The smallest absolute Gasteiger partial charge is 0.275 e. The third-order valence-electron chi connectivity index (χ3n) is 8.08. The van der Waals surface area contributed by atoms with Gasteiger partial charge < -0.3 is 30.1 Å². The topological polar surface area (TPSA) is 115 Å². The van der Waals surface area contributed by atoms with Gasteiger partial charge in [-0.05, 0) is 48.9 Å². The largest absolute Gasteiger partial charge is 0.495 e. The molecule has 1 saturated carbocycles. The number of carbonyl (C=O) groups excluding carboxylic acids is 2. The third-order valence-corrected chi connectivity index (χ3v) is 8.08. The van der Waals surface area contributed by atoms with Crippen molar-refractivity contribution in [2.45, 2.75) is 76.9 Å². The van der Waals surface area contributed by atoms with Crippen molar-refractivity contribution in [1.29, 1.82) is 0 Å². The maximum atomic E-state index is 13.4. The van der Waals surface area contributed by atoms with E-state index in [0.29, 0.717) is 42.3 Å². The van der Waals surface area contributed by atoms with Crippen LogP contribution < -0.4 is 26.4 Å². The molecule has 36 heavy (non-hydrogen) atoms. The number of hydrogen-bond acceptors (Lipinski definition) is 8. The van der Waals surface area contributed by atoms with Gasteiger partial charge in [0.1, 0.15) is 17.3 Å². The van der Waals surface area contributed by atoms with E-state index in [9.17, 15) is 9.59 Å². The van der Waals surface area contributed by atoms with Crippen molar-refractivity contribution in [2.75, 3.05) is 32.6 Å². The molecule has 2 atom stereocenters. The van der Waals surface area contributed by atoms with Crippen molar-refractivity contribution in [3.8, 4) is 5.75 Å². The number of anilines is 1. The number of hydrogen-bond donors (Lipinski definition) is 4. The number of nitrogens with one attached hydrogen (secondary N) is 3. The summed E-state index contributed by atoms with van der Waals surface area (Å²) in [5.74, 6) is -0.122. The lowest BCUT2D eigenvalue weighted by atomic mass is 9.98. The number of fused-ring (bicyclic) bond motifs is 1. The lowest BCUT2D eigenvalue weighted by Gasteiger charge is -2.52. The van der Waals surface area contributed by atoms with E-state index in [2.05, 4.69) is 27.8 Å². The fraction of sp³-hybridized carbons (Fsp3) is 0.615. The molecule has 1 aromatic carbocycles. The van der Waals surface area contributed by atoms with Crippen LogP contribution in [0.15, 0.2) is 23.7 Å². The van der Waals surface area contributed by atoms with Crippen LogP contribution in [-0.2, 0) is 22.6 Å². The Morgan fingerprint density at radius 1 is 1.25 bits per heavy atom. The van der Waals surface area contributed by atoms with Gasteiger partial charge in [-0.3, -0.25) is 20.6 Å². The lowest BCUT2D eigenvalue weighted by molar-refractivity contribution is -0.129. The van der Waals surface area contributed by atoms with Gasteiger partial charge >= 0.3 is 0 Å². The Bertz CT molecular complexity index is 1080. The second-order valence-electron chi connectivity index (χ2n) is 10.5. The minimum atomic E-state index is -1.40. The van der Waals surface area contributed by atoms with Gasteiger partial charge in [0, 0.05) is 45.7 Å². The molecule has 4 aliphatic rings. The van der Waals surface area contributed by atoms with E-state index in [1.165, 1.54) is 12.8 Å². The molecule has 0 radical (unpaired) electrons. The number of amides is 2. The Morgan fingerprint density at radius 2 is 2.00 bits per heavy atom. The van der Waals surface area contributed by atoms with E-state index in [1.54, 1.807) is 14.0 Å². The number of rotatable bonds is 5. The van der Waals surface area contributed by atoms with Gasteiger partial charge in [-0.1, -0.05) is 19.8 Å². The summed E-state index contributed by atoms with van der Waals surface area (Å²) >= 11 is 0. The van der Waals surface area contributed by atoms with Gasteiger partial charge in [-0.2, -0.15) is 0 Å². The molecule has 10 heteroatoms. The second-order valence-corrected chi connectivity index (χ2v) is 10.5.